The molecule has 8 rings (SSSR count). The summed E-state index contributed by atoms with van der Waals surface area (Å²) in [5.41, 5.74) is 5.71. The van der Waals surface area contributed by atoms with Crippen LogP contribution in [0.15, 0.2) is 97.5 Å². The summed E-state index contributed by atoms with van der Waals surface area (Å²) in [4.78, 5) is 57.5. The summed E-state index contributed by atoms with van der Waals surface area (Å²) in [6.45, 7) is 15.3. The first-order chi connectivity index (χ1) is 32.1. The van der Waals surface area contributed by atoms with Crippen molar-refractivity contribution in [1.29, 1.82) is 0 Å². The second-order valence-electron chi connectivity index (χ2n) is 17.6. The number of carbonyl (C=O) groups excluding carboxylic acids is 3. The zero-order valence-corrected chi connectivity index (χ0v) is 38.1. The van der Waals surface area contributed by atoms with Crippen LogP contribution in [0.2, 0.25) is 0 Å². The maximum absolute atomic E-state index is 15.2. The SMILES string of the molecule is C=C1CCN(c2ccc(C(=O)NCCCCN3CCN(Cc4ccc(-c5cc6c(-c7cc(F)cc(NC(=O)c8ccc(C(C)(C)O)cc8F)c7C)ncnc6[nH]5)cc4)CC3)cc2OC)C(=O)N1. The first-order valence-corrected chi connectivity index (χ1v) is 22.4. The Morgan fingerprint density at radius 1 is 0.910 bits per heavy atom. The van der Waals surface area contributed by atoms with Crippen molar-refractivity contribution in [1.82, 2.24) is 35.4 Å². The molecule has 0 atom stereocenters. The van der Waals surface area contributed by atoms with Gasteiger partial charge in [0.25, 0.3) is 11.8 Å². The van der Waals surface area contributed by atoms with E-state index in [4.69, 9.17) is 4.74 Å². The first-order valence-electron chi connectivity index (χ1n) is 22.4. The van der Waals surface area contributed by atoms with Gasteiger partial charge < -0.3 is 35.7 Å². The molecule has 16 heteroatoms. The standard InChI is InChI=1S/C51H55F2N9O5/c1-31-16-19-62(50(65)57-31)44-15-12-35(24-45(44)67-5)48(63)54-17-6-7-18-60-20-22-61(23-21-60)29-33-8-10-34(11-9-33)43-28-40-46(55-30-56-47(40)58-43)39-26-37(52)27-42(32(39)2)59-49(64)38-14-13-36(25-41(38)53)51(3,4)66/h8-15,24-28,30,66H,1,6-7,16-23,29H2,2-5H3,(H,54,63)(H,57,65)(H,59,64)(H,55,56,58). The van der Waals surface area contributed by atoms with E-state index in [2.05, 4.69) is 71.5 Å². The molecule has 14 nitrogen and oxygen atoms in total. The smallest absolute Gasteiger partial charge is 0.326 e. The number of aromatic nitrogens is 3. The quantitative estimate of drug-likeness (QED) is 0.0640. The van der Waals surface area contributed by atoms with Crippen molar-refractivity contribution in [3.05, 3.63) is 137 Å². The lowest BCUT2D eigenvalue weighted by Crippen LogP contribution is -2.46. The average Bonchev–Trinajstić information content (AvgIpc) is 3.75. The highest BCUT2D eigenvalue weighted by atomic mass is 19.1. The minimum atomic E-state index is -1.29. The van der Waals surface area contributed by atoms with Crippen molar-refractivity contribution in [2.75, 3.05) is 63.1 Å². The number of anilines is 2. The molecule has 2 aliphatic rings. The third-order valence-corrected chi connectivity index (χ3v) is 12.4. The predicted octanol–water partition coefficient (Wildman–Crippen LogP) is 8.13. The number of benzene rings is 4. The molecule has 6 aromatic rings. The van der Waals surface area contributed by atoms with Crippen molar-refractivity contribution in [2.45, 2.75) is 52.2 Å². The van der Waals surface area contributed by atoms with E-state index in [1.165, 1.54) is 57.1 Å². The van der Waals surface area contributed by atoms with Gasteiger partial charge in [-0.25, -0.2) is 23.5 Å². The van der Waals surface area contributed by atoms with Crippen molar-refractivity contribution < 1.29 is 33.0 Å². The topological polar surface area (TPSA) is 168 Å². The van der Waals surface area contributed by atoms with E-state index in [-0.39, 0.29) is 23.2 Å². The van der Waals surface area contributed by atoms with Gasteiger partial charge in [-0.3, -0.25) is 19.4 Å². The number of carbonyl (C=O) groups is 3. The van der Waals surface area contributed by atoms with Crippen molar-refractivity contribution in [3.8, 4) is 28.3 Å². The fourth-order valence-electron chi connectivity index (χ4n) is 8.52. The normalized spacial score (nSPS) is 14.9. The molecule has 0 aliphatic carbocycles. The largest absolute Gasteiger partial charge is 0.495 e. The molecule has 2 aliphatic heterocycles. The maximum atomic E-state index is 15.2. The minimum absolute atomic E-state index is 0.171. The fourth-order valence-corrected chi connectivity index (χ4v) is 8.52. The molecule has 0 bridgehead atoms. The number of methoxy groups -OCH3 is 1. The van der Waals surface area contributed by atoms with E-state index < -0.39 is 23.1 Å². The summed E-state index contributed by atoms with van der Waals surface area (Å²) in [7, 11) is 1.52. The zero-order chi connectivity index (χ0) is 47.4. The zero-order valence-electron chi connectivity index (χ0n) is 38.1. The number of aliphatic hydroxyl groups is 1. The summed E-state index contributed by atoms with van der Waals surface area (Å²) >= 11 is 0. The van der Waals surface area contributed by atoms with Crippen molar-refractivity contribution in [3.63, 3.8) is 0 Å². The van der Waals surface area contributed by atoms with Crippen LogP contribution < -0.4 is 25.6 Å². The number of nitrogens with one attached hydrogen (secondary N) is 4. The van der Waals surface area contributed by atoms with Crippen LogP contribution in [-0.2, 0) is 12.1 Å². The van der Waals surface area contributed by atoms with Gasteiger partial charge in [0.2, 0.25) is 0 Å². The number of rotatable bonds is 15. The van der Waals surface area contributed by atoms with Crippen LogP contribution in [0.25, 0.3) is 33.5 Å². The number of H-pyrrole nitrogens is 1. The van der Waals surface area contributed by atoms with E-state index in [0.29, 0.717) is 75.6 Å². The number of halogens is 2. The second-order valence-corrected chi connectivity index (χ2v) is 17.6. The highest BCUT2D eigenvalue weighted by molar-refractivity contribution is 6.06. The average molecular weight is 912 g/mol. The number of piperazine rings is 1. The number of hydrogen-bond acceptors (Lipinski definition) is 9. The van der Waals surface area contributed by atoms with E-state index in [1.54, 1.807) is 30.0 Å². The van der Waals surface area contributed by atoms with Crippen LogP contribution in [0.3, 0.4) is 0 Å². The molecule has 67 heavy (non-hydrogen) atoms. The number of amides is 4. The molecular formula is C51H55F2N9O5. The van der Waals surface area contributed by atoms with E-state index in [1.807, 2.05) is 6.07 Å². The fraction of sp³-hybridized carbons (Fsp3) is 0.314. The Hall–Kier alpha value is -7.01. The van der Waals surface area contributed by atoms with Crippen molar-refractivity contribution in [2.24, 2.45) is 0 Å². The summed E-state index contributed by atoms with van der Waals surface area (Å²) in [5.74, 6) is -1.89. The number of fused-ring (bicyclic) bond motifs is 1. The lowest BCUT2D eigenvalue weighted by atomic mass is 9.96. The van der Waals surface area contributed by atoms with E-state index in [0.717, 1.165) is 69.4 Å². The molecule has 4 heterocycles. The van der Waals surface area contributed by atoms with Crippen LogP contribution >= 0.6 is 0 Å². The third-order valence-electron chi connectivity index (χ3n) is 12.4. The molecule has 5 N–H and O–H groups in total. The molecule has 348 valence electrons. The number of urea groups is 1. The Morgan fingerprint density at radius 3 is 2.39 bits per heavy atom. The van der Waals surface area contributed by atoms with Crippen LogP contribution in [0.5, 0.6) is 5.75 Å². The molecule has 0 saturated carbocycles. The summed E-state index contributed by atoms with van der Waals surface area (Å²) < 4.78 is 35.7. The number of nitrogens with zero attached hydrogens (tertiary/aromatic N) is 5. The van der Waals surface area contributed by atoms with Gasteiger partial charge in [0, 0.05) is 85.8 Å². The molecule has 0 radical (unpaired) electrons. The van der Waals surface area contributed by atoms with Gasteiger partial charge in [0.1, 0.15) is 29.4 Å². The maximum Gasteiger partial charge on any atom is 0.326 e. The number of hydrogen-bond donors (Lipinski definition) is 5. The second kappa shape index (κ2) is 19.8. The lowest BCUT2D eigenvalue weighted by Gasteiger charge is -2.34. The number of unbranched alkanes of at least 4 members (excludes halogenated alkanes) is 1. The highest BCUT2D eigenvalue weighted by Crippen LogP contribution is 2.36. The van der Waals surface area contributed by atoms with Gasteiger partial charge in [-0.05, 0) is 111 Å². The molecule has 2 saturated heterocycles. The Morgan fingerprint density at radius 2 is 1.67 bits per heavy atom. The Kier molecular flexibility index (Phi) is 13.8. The Bertz CT molecular complexity index is 2830. The van der Waals surface area contributed by atoms with Crippen LogP contribution in [0, 0.1) is 18.6 Å². The lowest BCUT2D eigenvalue weighted by molar-refractivity contribution is 0.0780. The Labute approximate surface area is 388 Å². The van der Waals surface area contributed by atoms with Crippen LogP contribution in [0.1, 0.15) is 70.5 Å². The van der Waals surface area contributed by atoms with E-state index >= 15 is 4.39 Å². The van der Waals surface area contributed by atoms with Gasteiger partial charge in [0.15, 0.2) is 0 Å². The Balaban J connectivity index is 0.814. The minimum Gasteiger partial charge on any atom is -0.495 e. The molecule has 0 unspecified atom stereocenters. The molecular weight excluding hydrogens is 857 g/mol. The van der Waals surface area contributed by atoms with Gasteiger partial charge in [-0.15, -0.1) is 0 Å². The summed E-state index contributed by atoms with van der Waals surface area (Å²) in [6.07, 6.45) is 3.85. The summed E-state index contributed by atoms with van der Waals surface area (Å²) in [6, 6.07) is 21.6. The number of ether oxygens (including phenoxy) is 1. The third kappa shape index (κ3) is 10.7. The molecule has 2 aromatic heterocycles. The molecule has 2 fully saturated rings. The number of aromatic amines is 1. The van der Waals surface area contributed by atoms with Gasteiger partial charge in [-0.2, -0.15) is 0 Å². The predicted molar refractivity (Wildman–Crippen MR) is 255 cm³/mol. The monoisotopic (exact) mass is 911 g/mol. The van der Waals surface area contributed by atoms with Crippen molar-refractivity contribution >= 4 is 40.3 Å². The van der Waals surface area contributed by atoms with E-state index in [9.17, 15) is 23.9 Å². The van der Waals surface area contributed by atoms with Gasteiger partial charge in [-0.1, -0.05) is 36.9 Å². The van der Waals surface area contributed by atoms with Crippen LogP contribution in [-0.4, -0.2) is 101 Å². The first kappa shape index (κ1) is 46.5. The highest BCUT2D eigenvalue weighted by Gasteiger charge is 2.26. The molecule has 4 amide bonds. The van der Waals surface area contributed by atoms with Crippen LogP contribution in [0.4, 0.5) is 25.0 Å². The van der Waals surface area contributed by atoms with Gasteiger partial charge >= 0.3 is 6.03 Å². The summed E-state index contributed by atoms with van der Waals surface area (Å²) in [5, 5.41) is 19.3. The molecule has 0 spiro atoms. The molecule has 4 aromatic carbocycles. The van der Waals surface area contributed by atoms with Gasteiger partial charge in [0.05, 0.1) is 29.7 Å².